The minimum Gasteiger partial charge on any atom is -0.493 e. The number of carbonyl (C=O) groups is 1. The monoisotopic (exact) mass is 345 g/mol. The summed E-state index contributed by atoms with van der Waals surface area (Å²) in [4.78, 5) is 11.4. The molecule has 0 spiro atoms. The average molecular weight is 346 g/mol. The van der Waals surface area contributed by atoms with E-state index < -0.39 is 0 Å². The van der Waals surface area contributed by atoms with Crippen LogP contribution in [0.1, 0.15) is 101 Å². The van der Waals surface area contributed by atoms with E-state index in [0.29, 0.717) is 17.9 Å². The van der Waals surface area contributed by atoms with Gasteiger partial charge in [-0.15, -0.1) is 0 Å². The van der Waals surface area contributed by atoms with Crippen molar-refractivity contribution in [1.29, 1.82) is 0 Å². The third-order valence-corrected chi connectivity index (χ3v) is 4.69. The number of unbranched alkanes of at least 4 members (excludes halogenated alkanes) is 12. The summed E-state index contributed by atoms with van der Waals surface area (Å²) < 4.78 is 5.74. The topological polar surface area (TPSA) is 26.3 Å². The highest BCUT2D eigenvalue weighted by Gasteiger charge is 2.06. The zero-order valence-electron chi connectivity index (χ0n) is 16.2. The van der Waals surface area contributed by atoms with Crippen molar-refractivity contribution in [2.24, 2.45) is 0 Å². The maximum atomic E-state index is 11.4. The number of ketones is 1. The van der Waals surface area contributed by atoms with Gasteiger partial charge in [-0.3, -0.25) is 4.79 Å². The Kier molecular flexibility index (Phi) is 13.0. The Labute approximate surface area is 155 Å². The molecule has 1 aromatic carbocycles. The van der Waals surface area contributed by atoms with Gasteiger partial charge in [-0.05, 0) is 18.6 Å². The quantitative estimate of drug-likeness (QED) is 0.234. The molecular formula is C23H37O2. The van der Waals surface area contributed by atoms with Gasteiger partial charge in [0, 0.05) is 6.92 Å². The molecule has 0 aromatic heterocycles. The zero-order valence-corrected chi connectivity index (χ0v) is 16.2. The van der Waals surface area contributed by atoms with E-state index in [1.54, 1.807) is 6.07 Å². The normalized spacial score (nSPS) is 10.8. The Morgan fingerprint density at radius 1 is 0.800 bits per heavy atom. The van der Waals surface area contributed by atoms with Crippen molar-refractivity contribution in [3.63, 3.8) is 0 Å². The standard InChI is InChI=1S/C23H37O2/c1-3-4-5-6-7-8-9-10-11-12-13-14-17-20-25-23-19-16-15-18-22(23)21(2)24/h15-16,18-19H,2-14,17,20H2,1H3. The van der Waals surface area contributed by atoms with E-state index in [-0.39, 0.29) is 5.78 Å². The Hall–Kier alpha value is -1.31. The second-order valence-corrected chi connectivity index (χ2v) is 7.01. The summed E-state index contributed by atoms with van der Waals surface area (Å²) in [5, 5.41) is 0. The van der Waals surface area contributed by atoms with Crippen molar-refractivity contribution in [1.82, 2.24) is 0 Å². The molecule has 0 amide bonds. The highest BCUT2D eigenvalue weighted by Crippen LogP contribution is 2.19. The molecule has 0 bridgehead atoms. The second-order valence-electron chi connectivity index (χ2n) is 7.01. The molecule has 1 radical (unpaired) electrons. The Bertz CT molecular complexity index is 453. The average Bonchev–Trinajstić information content (AvgIpc) is 2.62. The summed E-state index contributed by atoms with van der Waals surface area (Å²) in [6, 6.07) is 7.36. The largest absolute Gasteiger partial charge is 0.493 e. The lowest BCUT2D eigenvalue weighted by Crippen LogP contribution is -2.02. The van der Waals surface area contributed by atoms with Crippen molar-refractivity contribution in [3.05, 3.63) is 36.8 Å². The highest BCUT2D eigenvalue weighted by molar-refractivity contribution is 6.01. The van der Waals surface area contributed by atoms with Crippen molar-refractivity contribution >= 4 is 5.78 Å². The van der Waals surface area contributed by atoms with Gasteiger partial charge in [0.2, 0.25) is 0 Å². The fraction of sp³-hybridized carbons (Fsp3) is 0.652. The van der Waals surface area contributed by atoms with Crippen LogP contribution in [0.25, 0.3) is 0 Å². The number of benzene rings is 1. The molecule has 0 saturated carbocycles. The van der Waals surface area contributed by atoms with Gasteiger partial charge in [0.15, 0.2) is 5.78 Å². The van der Waals surface area contributed by atoms with E-state index in [4.69, 9.17) is 4.74 Å². The first kappa shape index (κ1) is 21.7. The summed E-state index contributed by atoms with van der Waals surface area (Å²) in [5.41, 5.74) is 0.581. The van der Waals surface area contributed by atoms with Gasteiger partial charge in [-0.2, -0.15) is 0 Å². The van der Waals surface area contributed by atoms with Gasteiger partial charge in [0.05, 0.1) is 12.2 Å². The summed E-state index contributed by atoms with van der Waals surface area (Å²) in [6.07, 6.45) is 17.5. The summed E-state index contributed by atoms with van der Waals surface area (Å²) in [5.74, 6) is 0.488. The Morgan fingerprint density at radius 3 is 1.80 bits per heavy atom. The van der Waals surface area contributed by atoms with Crippen LogP contribution >= 0.6 is 0 Å². The minimum atomic E-state index is -0.180. The molecule has 141 valence electrons. The number of para-hydroxylation sites is 1. The molecule has 0 saturated heterocycles. The number of Topliss-reactive ketones (excluding diaryl/α,β-unsaturated/α-hetero) is 1. The molecule has 0 N–H and O–H groups in total. The first-order valence-corrected chi connectivity index (χ1v) is 10.3. The van der Waals surface area contributed by atoms with Crippen LogP contribution in [0.4, 0.5) is 0 Å². The van der Waals surface area contributed by atoms with E-state index in [1.807, 2.05) is 18.2 Å². The summed E-state index contributed by atoms with van der Waals surface area (Å²) in [6.45, 7) is 6.42. The SMILES string of the molecule is [CH2]C(=O)c1ccccc1OCCCCCCCCCCCCCCC. The molecule has 25 heavy (non-hydrogen) atoms. The molecule has 0 aliphatic rings. The van der Waals surface area contributed by atoms with Crippen LogP contribution < -0.4 is 4.74 Å². The van der Waals surface area contributed by atoms with Gasteiger partial charge in [0.1, 0.15) is 5.75 Å². The number of hydrogen-bond donors (Lipinski definition) is 0. The van der Waals surface area contributed by atoms with Crippen LogP contribution in [0.5, 0.6) is 5.75 Å². The first-order valence-electron chi connectivity index (χ1n) is 10.3. The number of hydrogen-bond acceptors (Lipinski definition) is 2. The Balaban J connectivity index is 1.90. The third kappa shape index (κ3) is 11.0. The van der Waals surface area contributed by atoms with Gasteiger partial charge in [0.25, 0.3) is 0 Å². The molecule has 0 aliphatic carbocycles. The number of ether oxygens (including phenoxy) is 1. The number of carbonyl (C=O) groups excluding carboxylic acids is 1. The van der Waals surface area contributed by atoms with Crippen LogP contribution in [0.3, 0.4) is 0 Å². The fourth-order valence-electron chi connectivity index (χ4n) is 3.12. The van der Waals surface area contributed by atoms with Crippen LogP contribution in [0.2, 0.25) is 0 Å². The zero-order chi connectivity index (χ0) is 18.2. The molecule has 2 heteroatoms. The third-order valence-electron chi connectivity index (χ3n) is 4.69. The molecule has 1 aromatic rings. The van der Waals surface area contributed by atoms with Gasteiger partial charge in [-0.25, -0.2) is 0 Å². The highest BCUT2D eigenvalue weighted by atomic mass is 16.5. The molecular weight excluding hydrogens is 308 g/mol. The van der Waals surface area contributed by atoms with Crippen molar-refractivity contribution < 1.29 is 9.53 Å². The maximum absolute atomic E-state index is 11.4. The lowest BCUT2D eigenvalue weighted by molar-refractivity contribution is 0.104. The van der Waals surface area contributed by atoms with E-state index in [9.17, 15) is 4.79 Å². The van der Waals surface area contributed by atoms with Crippen molar-refractivity contribution in [2.45, 2.75) is 90.4 Å². The number of rotatable bonds is 16. The molecule has 2 nitrogen and oxygen atoms in total. The lowest BCUT2D eigenvalue weighted by Gasteiger charge is -2.09. The molecule has 0 atom stereocenters. The maximum Gasteiger partial charge on any atom is 0.167 e. The van der Waals surface area contributed by atoms with Crippen LogP contribution in [0.15, 0.2) is 24.3 Å². The second kappa shape index (κ2) is 15.0. The molecule has 0 heterocycles. The Morgan fingerprint density at radius 2 is 1.28 bits per heavy atom. The lowest BCUT2D eigenvalue weighted by atomic mass is 10.0. The van der Waals surface area contributed by atoms with Gasteiger partial charge in [-0.1, -0.05) is 96.1 Å². The first-order chi connectivity index (χ1) is 12.3. The predicted molar refractivity (Wildman–Crippen MR) is 107 cm³/mol. The van der Waals surface area contributed by atoms with Crippen LogP contribution in [0, 0.1) is 6.92 Å². The van der Waals surface area contributed by atoms with Gasteiger partial charge >= 0.3 is 0 Å². The molecule has 0 fully saturated rings. The minimum absolute atomic E-state index is 0.180. The van der Waals surface area contributed by atoms with Crippen molar-refractivity contribution in [3.8, 4) is 5.75 Å². The predicted octanol–water partition coefficient (Wildman–Crippen LogP) is 7.17. The summed E-state index contributed by atoms with van der Waals surface area (Å²) in [7, 11) is 0. The fourth-order valence-corrected chi connectivity index (χ4v) is 3.12. The molecule has 1 rings (SSSR count). The molecule has 0 unspecified atom stereocenters. The van der Waals surface area contributed by atoms with Gasteiger partial charge < -0.3 is 4.74 Å². The van der Waals surface area contributed by atoms with E-state index in [0.717, 1.165) is 6.42 Å². The van der Waals surface area contributed by atoms with E-state index in [2.05, 4.69) is 13.8 Å². The molecule has 0 aliphatic heterocycles. The van der Waals surface area contributed by atoms with E-state index >= 15 is 0 Å². The van der Waals surface area contributed by atoms with Crippen LogP contribution in [-0.4, -0.2) is 12.4 Å². The smallest absolute Gasteiger partial charge is 0.167 e. The van der Waals surface area contributed by atoms with Crippen molar-refractivity contribution in [2.75, 3.05) is 6.61 Å². The van der Waals surface area contributed by atoms with Crippen LogP contribution in [-0.2, 0) is 0 Å². The van der Waals surface area contributed by atoms with E-state index in [1.165, 1.54) is 77.0 Å². The summed E-state index contributed by atoms with van der Waals surface area (Å²) >= 11 is 0.